The molecule has 0 fully saturated rings. The van der Waals surface area contributed by atoms with Crippen LogP contribution in [0.4, 0.5) is 0 Å². The average molecular weight is 403 g/mol. The Labute approximate surface area is 176 Å². The first-order valence-electron chi connectivity index (χ1n) is 9.31. The van der Waals surface area contributed by atoms with Crippen LogP contribution in [-0.2, 0) is 0 Å². The van der Waals surface area contributed by atoms with Crippen molar-refractivity contribution in [2.75, 3.05) is 13.2 Å². The fraction of sp³-hybridized carbons (Fsp3) is 0.0870. The van der Waals surface area contributed by atoms with E-state index in [4.69, 9.17) is 21.1 Å². The van der Waals surface area contributed by atoms with E-state index in [9.17, 15) is 0 Å². The summed E-state index contributed by atoms with van der Waals surface area (Å²) in [5, 5.41) is 5.85. The lowest BCUT2D eigenvalue weighted by atomic mass is 10.1. The monoisotopic (exact) mass is 403 g/mol. The summed E-state index contributed by atoms with van der Waals surface area (Å²) in [5.41, 5.74) is 9.06. The van der Waals surface area contributed by atoms with Crippen LogP contribution in [0.5, 0.6) is 11.5 Å². The van der Waals surface area contributed by atoms with Gasteiger partial charge in [-0.1, -0.05) is 19.7 Å². The van der Waals surface area contributed by atoms with E-state index in [1.165, 1.54) is 11.2 Å². The lowest BCUT2D eigenvalue weighted by Crippen LogP contribution is -2.23. The first-order chi connectivity index (χ1) is 14.5. The maximum atomic E-state index is 6.04. The third kappa shape index (κ3) is 4.53. The van der Waals surface area contributed by atoms with E-state index < -0.39 is 0 Å². The average Bonchev–Trinajstić information content (AvgIpc) is 3.27. The Morgan fingerprint density at radius 2 is 1.93 bits per heavy atom. The van der Waals surface area contributed by atoms with Crippen LogP contribution in [0.1, 0.15) is 5.69 Å². The predicted molar refractivity (Wildman–Crippen MR) is 120 cm³/mol. The summed E-state index contributed by atoms with van der Waals surface area (Å²) in [7, 11) is 0. The molecule has 0 atom stereocenters. The van der Waals surface area contributed by atoms with Crippen LogP contribution in [0.15, 0.2) is 98.2 Å². The first-order valence-corrected chi connectivity index (χ1v) is 9.31. The Morgan fingerprint density at radius 3 is 2.67 bits per heavy atom. The third-order valence-corrected chi connectivity index (χ3v) is 4.43. The first kappa shape index (κ1) is 20.8. The van der Waals surface area contributed by atoms with Gasteiger partial charge in [0.2, 0.25) is 0 Å². The summed E-state index contributed by atoms with van der Waals surface area (Å²) >= 11 is 0. The van der Waals surface area contributed by atoms with Crippen molar-refractivity contribution in [3.05, 3.63) is 104 Å². The number of hydrogen-bond donors (Lipinski definition) is 2. The van der Waals surface area contributed by atoms with Crippen molar-refractivity contribution >= 4 is 5.57 Å². The van der Waals surface area contributed by atoms with Crippen LogP contribution in [0, 0.1) is 0 Å². The summed E-state index contributed by atoms with van der Waals surface area (Å²) in [6.07, 6.45) is 11.6. The summed E-state index contributed by atoms with van der Waals surface area (Å²) < 4.78 is 13.0. The van der Waals surface area contributed by atoms with Crippen LogP contribution in [-0.4, -0.2) is 28.0 Å². The van der Waals surface area contributed by atoms with Gasteiger partial charge in [-0.15, -0.1) is 0 Å². The molecule has 4 N–H and O–H groups in total. The Balaban J connectivity index is 1.79. The number of nitrogens with two attached hydrogens (primary N) is 2. The molecule has 0 saturated carbocycles. The second kappa shape index (κ2) is 9.49. The van der Waals surface area contributed by atoms with E-state index in [0.29, 0.717) is 35.8 Å². The summed E-state index contributed by atoms with van der Waals surface area (Å²) in [5.74, 6) is 7.46. The number of aromatic nitrogens is 2. The van der Waals surface area contributed by atoms with E-state index in [-0.39, 0.29) is 0 Å². The van der Waals surface area contributed by atoms with E-state index >= 15 is 0 Å². The van der Waals surface area contributed by atoms with Gasteiger partial charge in [0.1, 0.15) is 13.2 Å². The smallest absolute Gasteiger partial charge is 0.163 e. The molecule has 0 radical (unpaired) electrons. The molecule has 2 aromatic rings. The minimum atomic E-state index is 0.522. The molecule has 154 valence electrons. The van der Waals surface area contributed by atoms with Crippen molar-refractivity contribution in [1.82, 2.24) is 14.8 Å². The minimum absolute atomic E-state index is 0.522. The number of rotatable bonds is 8. The van der Waals surface area contributed by atoms with E-state index in [1.54, 1.807) is 41.4 Å². The highest BCUT2D eigenvalue weighted by atomic mass is 16.6. The largest absolute Gasteiger partial charge is 0.486 e. The van der Waals surface area contributed by atoms with Crippen LogP contribution >= 0.6 is 0 Å². The molecule has 0 bridgehead atoms. The number of nitrogens with zero attached hydrogens (tertiary/aromatic N) is 3. The van der Waals surface area contributed by atoms with E-state index in [0.717, 1.165) is 17.1 Å². The van der Waals surface area contributed by atoms with Crippen molar-refractivity contribution in [2.45, 2.75) is 0 Å². The van der Waals surface area contributed by atoms with Crippen molar-refractivity contribution in [1.29, 1.82) is 0 Å². The molecule has 7 heteroatoms. The standard InChI is InChI=1S/C23H25N5O2/c1-4-19(6-5-11-24)27(25)13-10-17(2)18(3)21-9-12-26-28(21)20-7-8-22-23(16-20)30-15-14-29-22/h4-13,16H,1-3,14-15,24-25H2/b11-5-,13-10-,19-6+. The topological polar surface area (TPSA) is 91.6 Å². The zero-order valence-corrected chi connectivity index (χ0v) is 16.7. The van der Waals surface area contributed by atoms with Gasteiger partial charge < -0.3 is 15.2 Å². The lowest BCUT2D eigenvalue weighted by Gasteiger charge is -2.19. The number of ether oxygens (including phenoxy) is 2. The van der Waals surface area contributed by atoms with Crippen LogP contribution in [0.3, 0.4) is 0 Å². The second-order valence-electron chi connectivity index (χ2n) is 6.36. The quantitative estimate of drug-likeness (QED) is 0.399. The molecule has 0 amide bonds. The molecule has 3 rings (SSSR count). The Hall–Kier alpha value is -3.97. The molecular weight excluding hydrogens is 378 g/mol. The Kier molecular flexibility index (Phi) is 6.56. The number of allylic oxidation sites excluding steroid dienone is 6. The molecule has 2 heterocycles. The van der Waals surface area contributed by atoms with Gasteiger partial charge in [-0.25, -0.2) is 10.5 Å². The lowest BCUT2D eigenvalue weighted by molar-refractivity contribution is 0.171. The van der Waals surface area contributed by atoms with Gasteiger partial charge in [0.25, 0.3) is 0 Å². The highest BCUT2D eigenvalue weighted by Crippen LogP contribution is 2.33. The zero-order valence-electron chi connectivity index (χ0n) is 16.7. The van der Waals surface area contributed by atoms with Gasteiger partial charge in [0, 0.05) is 12.3 Å². The highest BCUT2D eigenvalue weighted by molar-refractivity contribution is 5.78. The van der Waals surface area contributed by atoms with Gasteiger partial charge in [0.15, 0.2) is 11.5 Å². The number of hydrazine groups is 1. The normalized spacial score (nSPS) is 13.6. The fourth-order valence-electron chi connectivity index (χ4n) is 2.84. The maximum absolute atomic E-state index is 6.04. The Morgan fingerprint density at radius 1 is 1.17 bits per heavy atom. The molecule has 0 saturated heterocycles. The number of benzene rings is 1. The molecule has 1 aliphatic heterocycles. The summed E-state index contributed by atoms with van der Waals surface area (Å²) in [6, 6.07) is 7.56. The molecule has 1 aromatic heterocycles. The molecule has 0 unspecified atom stereocenters. The maximum Gasteiger partial charge on any atom is 0.163 e. The zero-order chi connectivity index (χ0) is 21.5. The van der Waals surface area contributed by atoms with Crippen molar-refractivity contribution < 1.29 is 9.47 Å². The molecular formula is C23H25N5O2. The third-order valence-electron chi connectivity index (χ3n) is 4.43. The van der Waals surface area contributed by atoms with E-state index in [1.807, 2.05) is 24.3 Å². The van der Waals surface area contributed by atoms with Crippen molar-refractivity contribution in [3.8, 4) is 17.2 Å². The van der Waals surface area contributed by atoms with Crippen LogP contribution < -0.4 is 21.1 Å². The predicted octanol–water partition coefficient (Wildman–Crippen LogP) is 3.44. The summed E-state index contributed by atoms with van der Waals surface area (Å²) in [6.45, 7) is 13.1. The molecule has 30 heavy (non-hydrogen) atoms. The number of hydrogen-bond acceptors (Lipinski definition) is 6. The van der Waals surface area contributed by atoms with Crippen molar-refractivity contribution in [3.63, 3.8) is 0 Å². The van der Waals surface area contributed by atoms with E-state index in [2.05, 4.69) is 24.8 Å². The minimum Gasteiger partial charge on any atom is -0.486 e. The SMILES string of the molecule is C=C/C(=C\C=C/N)N(N)/C=C\C(=C)C(=C)c1ccnn1-c1ccc2c(c1)OCCO2. The fourth-order valence-corrected chi connectivity index (χ4v) is 2.84. The molecule has 1 aromatic carbocycles. The van der Waals surface area contributed by atoms with Gasteiger partial charge in [-0.05, 0) is 59.8 Å². The Bertz CT molecular complexity index is 1050. The molecule has 0 aliphatic carbocycles. The van der Waals surface area contributed by atoms with Gasteiger partial charge in [0.05, 0.1) is 23.3 Å². The van der Waals surface area contributed by atoms with Crippen molar-refractivity contribution in [2.24, 2.45) is 11.6 Å². The second-order valence-corrected chi connectivity index (χ2v) is 6.36. The number of fused-ring (bicyclic) bond motifs is 1. The summed E-state index contributed by atoms with van der Waals surface area (Å²) in [4.78, 5) is 0. The van der Waals surface area contributed by atoms with Gasteiger partial charge in [-0.3, -0.25) is 5.01 Å². The molecule has 1 aliphatic rings. The van der Waals surface area contributed by atoms with Gasteiger partial charge in [-0.2, -0.15) is 5.10 Å². The molecule has 0 spiro atoms. The molecule has 7 nitrogen and oxygen atoms in total. The van der Waals surface area contributed by atoms with Crippen LogP contribution in [0.25, 0.3) is 11.3 Å². The van der Waals surface area contributed by atoms with Gasteiger partial charge >= 0.3 is 0 Å². The van der Waals surface area contributed by atoms with Crippen LogP contribution in [0.2, 0.25) is 0 Å². The highest BCUT2D eigenvalue weighted by Gasteiger charge is 2.15.